The quantitative estimate of drug-likeness (QED) is 0.367. The van der Waals surface area contributed by atoms with Crippen molar-refractivity contribution in [2.45, 2.75) is 13.8 Å². The Balaban J connectivity index is 2.20. The first kappa shape index (κ1) is 17.6. The minimum absolute atomic E-state index is 0.539. The van der Waals surface area contributed by atoms with Gasteiger partial charge in [-0.3, -0.25) is 4.79 Å². The molecule has 0 amide bonds. The predicted octanol–water partition coefficient (Wildman–Crippen LogP) is 5.11. The SMILES string of the molecule is COc1ncccc1-c1ccccc1/C(C=O)=C/c1c(C)cccc1C. The van der Waals surface area contributed by atoms with Gasteiger partial charge in [-0.25, -0.2) is 4.98 Å². The summed E-state index contributed by atoms with van der Waals surface area (Å²) < 4.78 is 5.41. The number of aryl methyl sites for hydroxylation is 2. The maximum absolute atomic E-state index is 12.0. The van der Waals surface area contributed by atoms with Gasteiger partial charge in [-0.1, -0.05) is 42.5 Å². The number of carbonyl (C=O) groups excluding carboxylic acids is 1. The van der Waals surface area contributed by atoms with Crippen LogP contribution in [0.1, 0.15) is 22.3 Å². The second-order valence-electron chi connectivity index (χ2n) is 6.13. The smallest absolute Gasteiger partial charge is 0.221 e. The number of aromatic nitrogens is 1. The molecule has 1 heterocycles. The molecular formula is C23H21NO2. The number of allylic oxidation sites excluding steroid dienone is 1. The maximum atomic E-state index is 12.0. The Kier molecular flexibility index (Phi) is 5.28. The van der Waals surface area contributed by atoms with Crippen LogP contribution in [-0.4, -0.2) is 18.4 Å². The third kappa shape index (κ3) is 3.42. The van der Waals surface area contributed by atoms with Crippen molar-refractivity contribution in [3.05, 3.63) is 83.0 Å². The van der Waals surface area contributed by atoms with Gasteiger partial charge < -0.3 is 4.74 Å². The molecule has 0 radical (unpaired) electrons. The lowest BCUT2D eigenvalue weighted by Crippen LogP contribution is -1.96. The summed E-state index contributed by atoms with van der Waals surface area (Å²) in [6.07, 6.45) is 4.56. The van der Waals surface area contributed by atoms with Crippen molar-refractivity contribution in [3.63, 3.8) is 0 Å². The molecule has 0 fully saturated rings. The van der Waals surface area contributed by atoms with Crippen LogP contribution in [0.4, 0.5) is 0 Å². The van der Waals surface area contributed by atoms with E-state index in [2.05, 4.69) is 31.0 Å². The van der Waals surface area contributed by atoms with Crippen molar-refractivity contribution in [1.29, 1.82) is 0 Å². The van der Waals surface area contributed by atoms with Crippen LogP contribution in [0.5, 0.6) is 5.88 Å². The fraction of sp³-hybridized carbons (Fsp3) is 0.130. The van der Waals surface area contributed by atoms with Gasteiger partial charge in [-0.15, -0.1) is 0 Å². The number of benzene rings is 2. The molecule has 0 N–H and O–H groups in total. The minimum Gasteiger partial charge on any atom is -0.481 e. The number of hydrogen-bond donors (Lipinski definition) is 0. The first-order chi connectivity index (χ1) is 12.7. The lowest BCUT2D eigenvalue weighted by atomic mass is 9.92. The summed E-state index contributed by atoms with van der Waals surface area (Å²) in [5, 5.41) is 0. The molecule has 0 bridgehead atoms. The molecule has 0 saturated heterocycles. The zero-order valence-corrected chi connectivity index (χ0v) is 15.2. The predicted molar refractivity (Wildman–Crippen MR) is 106 cm³/mol. The van der Waals surface area contributed by atoms with Gasteiger partial charge in [0.2, 0.25) is 5.88 Å². The summed E-state index contributed by atoms with van der Waals surface area (Å²) in [6.45, 7) is 4.11. The van der Waals surface area contributed by atoms with Crippen molar-refractivity contribution < 1.29 is 9.53 Å². The molecular weight excluding hydrogens is 322 g/mol. The largest absolute Gasteiger partial charge is 0.481 e. The molecule has 2 aromatic carbocycles. The van der Waals surface area contributed by atoms with E-state index in [0.29, 0.717) is 11.5 Å². The number of carbonyl (C=O) groups is 1. The van der Waals surface area contributed by atoms with Crippen molar-refractivity contribution in [3.8, 4) is 17.0 Å². The molecule has 0 spiro atoms. The van der Waals surface area contributed by atoms with Gasteiger partial charge in [0, 0.05) is 17.3 Å². The number of nitrogens with zero attached hydrogens (tertiary/aromatic N) is 1. The normalized spacial score (nSPS) is 11.3. The number of ether oxygens (including phenoxy) is 1. The summed E-state index contributed by atoms with van der Waals surface area (Å²) in [5.74, 6) is 0.539. The third-order valence-corrected chi connectivity index (χ3v) is 4.46. The molecule has 3 aromatic rings. The highest BCUT2D eigenvalue weighted by molar-refractivity contribution is 6.16. The molecule has 0 atom stereocenters. The molecule has 0 aliphatic rings. The van der Waals surface area contributed by atoms with Crippen molar-refractivity contribution in [1.82, 2.24) is 4.98 Å². The Morgan fingerprint density at radius 2 is 1.62 bits per heavy atom. The Morgan fingerprint density at radius 1 is 0.923 bits per heavy atom. The number of aldehydes is 1. The van der Waals surface area contributed by atoms with Gasteiger partial charge in [-0.05, 0) is 59.9 Å². The Labute approximate surface area is 154 Å². The van der Waals surface area contributed by atoms with E-state index in [1.54, 1.807) is 13.3 Å². The minimum atomic E-state index is 0.539. The molecule has 130 valence electrons. The lowest BCUT2D eigenvalue weighted by Gasteiger charge is -2.13. The summed E-state index contributed by atoms with van der Waals surface area (Å²) in [6, 6.07) is 17.8. The van der Waals surface area contributed by atoms with E-state index < -0.39 is 0 Å². The van der Waals surface area contributed by atoms with Crippen molar-refractivity contribution in [2.24, 2.45) is 0 Å². The van der Waals surface area contributed by atoms with E-state index in [1.165, 1.54) is 0 Å². The molecule has 0 aliphatic heterocycles. The van der Waals surface area contributed by atoms with Crippen LogP contribution in [0.15, 0.2) is 60.8 Å². The Hall–Kier alpha value is -3.20. The monoisotopic (exact) mass is 343 g/mol. The van der Waals surface area contributed by atoms with E-state index >= 15 is 0 Å². The molecule has 0 aliphatic carbocycles. The second kappa shape index (κ2) is 7.79. The lowest BCUT2D eigenvalue weighted by molar-refractivity contribution is -0.103. The van der Waals surface area contributed by atoms with Crippen molar-refractivity contribution >= 4 is 17.9 Å². The first-order valence-corrected chi connectivity index (χ1v) is 8.47. The Bertz CT molecular complexity index is 953. The summed E-state index contributed by atoms with van der Waals surface area (Å²) in [4.78, 5) is 16.2. The topological polar surface area (TPSA) is 39.2 Å². The summed E-state index contributed by atoms with van der Waals surface area (Å²) in [5.41, 5.74) is 6.62. The van der Waals surface area contributed by atoms with E-state index in [9.17, 15) is 4.79 Å². The van der Waals surface area contributed by atoms with Gasteiger partial charge in [0.15, 0.2) is 6.29 Å². The fourth-order valence-corrected chi connectivity index (χ4v) is 3.11. The van der Waals surface area contributed by atoms with Gasteiger partial charge in [-0.2, -0.15) is 0 Å². The van der Waals surface area contributed by atoms with E-state index in [4.69, 9.17) is 4.74 Å². The highest BCUT2D eigenvalue weighted by Crippen LogP contribution is 2.34. The maximum Gasteiger partial charge on any atom is 0.221 e. The average Bonchev–Trinajstić information content (AvgIpc) is 2.68. The fourth-order valence-electron chi connectivity index (χ4n) is 3.11. The number of hydrogen-bond acceptors (Lipinski definition) is 3. The van der Waals surface area contributed by atoms with Gasteiger partial charge >= 0.3 is 0 Å². The molecule has 0 saturated carbocycles. The van der Waals surface area contributed by atoms with Crippen LogP contribution < -0.4 is 4.74 Å². The summed E-state index contributed by atoms with van der Waals surface area (Å²) >= 11 is 0. The summed E-state index contributed by atoms with van der Waals surface area (Å²) in [7, 11) is 1.60. The third-order valence-electron chi connectivity index (χ3n) is 4.46. The number of rotatable bonds is 5. The molecule has 26 heavy (non-hydrogen) atoms. The molecule has 3 heteroatoms. The standard InChI is InChI=1S/C23H21NO2/c1-16-8-6-9-17(2)22(16)14-18(15-25)19-10-4-5-11-20(19)21-12-7-13-24-23(21)26-3/h4-15H,1-3H3/b18-14+. The number of methoxy groups -OCH3 is 1. The van der Waals surface area contributed by atoms with E-state index in [0.717, 1.165) is 39.7 Å². The van der Waals surface area contributed by atoms with E-state index in [1.807, 2.05) is 48.5 Å². The second-order valence-corrected chi connectivity index (χ2v) is 6.13. The molecule has 1 aromatic heterocycles. The molecule has 3 nitrogen and oxygen atoms in total. The highest BCUT2D eigenvalue weighted by atomic mass is 16.5. The van der Waals surface area contributed by atoms with Gasteiger partial charge in [0.25, 0.3) is 0 Å². The van der Waals surface area contributed by atoms with E-state index in [-0.39, 0.29) is 0 Å². The Morgan fingerprint density at radius 3 is 2.31 bits per heavy atom. The van der Waals surface area contributed by atoms with Crippen LogP contribution in [-0.2, 0) is 4.79 Å². The van der Waals surface area contributed by atoms with Gasteiger partial charge in [0.1, 0.15) is 0 Å². The van der Waals surface area contributed by atoms with Crippen LogP contribution in [0.3, 0.4) is 0 Å². The molecule has 0 unspecified atom stereocenters. The van der Waals surface area contributed by atoms with Crippen LogP contribution >= 0.6 is 0 Å². The van der Waals surface area contributed by atoms with Gasteiger partial charge in [0.05, 0.1) is 7.11 Å². The van der Waals surface area contributed by atoms with Crippen LogP contribution in [0.2, 0.25) is 0 Å². The highest BCUT2D eigenvalue weighted by Gasteiger charge is 2.14. The van der Waals surface area contributed by atoms with Crippen LogP contribution in [0, 0.1) is 13.8 Å². The number of pyridine rings is 1. The zero-order valence-electron chi connectivity index (χ0n) is 15.2. The zero-order chi connectivity index (χ0) is 18.5. The first-order valence-electron chi connectivity index (χ1n) is 8.47. The molecule has 3 rings (SSSR count). The van der Waals surface area contributed by atoms with Crippen LogP contribution in [0.25, 0.3) is 22.8 Å². The van der Waals surface area contributed by atoms with Crippen molar-refractivity contribution in [2.75, 3.05) is 7.11 Å². The average molecular weight is 343 g/mol.